The second-order valence-electron chi connectivity index (χ2n) is 3.99. The fourth-order valence-electron chi connectivity index (χ4n) is 2.25. The third-order valence-corrected chi connectivity index (χ3v) is 3.40. The van der Waals surface area contributed by atoms with Crippen molar-refractivity contribution in [3.8, 4) is 11.1 Å². The molecule has 0 heterocycles. The van der Waals surface area contributed by atoms with E-state index in [9.17, 15) is 3.89 Å². The van der Waals surface area contributed by atoms with Crippen LogP contribution in [0.1, 0.15) is 11.1 Å². The van der Waals surface area contributed by atoms with Crippen molar-refractivity contribution in [3.63, 3.8) is 0 Å². The lowest BCUT2D eigenvalue weighted by Gasteiger charge is -2.01. The molecule has 1 aliphatic rings. The van der Waals surface area contributed by atoms with E-state index in [1.54, 1.807) is 0 Å². The van der Waals surface area contributed by atoms with Crippen LogP contribution in [0.15, 0.2) is 41.3 Å². The van der Waals surface area contributed by atoms with Gasteiger partial charge in [-0.2, -0.15) is 3.89 Å². The minimum atomic E-state index is 0.292. The van der Waals surface area contributed by atoms with Gasteiger partial charge in [-0.3, -0.25) is 0 Å². The Balaban J connectivity index is 2.16. The van der Waals surface area contributed by atoms with Crippen LogP contribution < -0.4 is 5.73 Å². The first-order valence-electron chi connectivity index (χ1n) is 5.08. The Bertz CT molecular complexity index is 566. The molecule has 16 heavy (non-hydrogen) atoms. The molecular formula is C13H10FNS. The van der Waals surface area contributed by atoms with Crippen LogP contribution in [-0.2, 0) is 6.42 Å². The Morgan fingerprint density at radius 1 is 1.00 bits per heavy atom. The van der Waals surface area contributed by atoms with Crippen molar-refractivity contribution in [2.75, 3.05) is 5.73 Å². The van der Waals surface area contributed by atoms with Crippen LogP contribution in [0.5, 0.6) is 0 Å². The van der Waals surface area contributed by atoms with Crippen molar-refractivity contribution in [2.45, 2.75) is 11.3 Å². The first-order valence-corrected chi connectivity index (χ1v) is 5.80. The lowest BCUT2D eigenvalue weighted by atomic mass is 10.1. The zero-order chi connectivity index (χ0) is 11.1. The summed E-state index contributed by atoms with van der Waals surface area (Å²) in [6.07, 6.45) is 0.851. The molecule has 2 aromatic rings. The van der Waals surface area contributed by atoms with E-state index in [1.165, 1.54) is 22.3 Å². The summed E-state index contributed by atoms with van der Waals surface area (Å²) >= 11 is 0.292. The number of hydrogen-bond donors (Lipinski definition) is 1. The van der Waals surface area contributed by atoms with Crippen LogP contribution in [0.3, 0.4) is 0 Å². The van der Waals surface area contributed by atoms with E-state index in [-0.39, 0.29) is 0 Å². The summed E-state index contributed by atoms with van der Waals surface area (Å²) in [5, 5.41) is 0. The summed E-state index contributed by atoms with van der Waals surface area (Å²) in [5.74, 6) is 0. The van der Waals surface area contributed by atoms with E-state index in [0.29, 0.717) is 17.0 Å². The van der Waals surface area contributed by atoms with Crippen LogP contribution >= 0.6 is 12.1 Å². The van der Waals surface area contributed by atoms with Gasteiger partial charge in [0.25, 0.3) is 0 Å². The minimum Gasteiger partial charge on any atom is -0.399 e. The Morgan fingerprint density at radius 3 is 2.44 bits per heavy atom. The van der Waals surface area contributed by atoms with Gasteiger partial charge in [-0.25, -0.2) is 0 Å². The molecule has 1 nitrogen and oxygen atoms in total. The Kier molecular flexibility index (Phi) is 2.14. The number of nitrogens with two attached hydrogens (primary N) is 1. The maximum atomic E-state index is 12.5. The average molecular weight is 231 g/mol. The van der Waals surface area contributed by atoms with Gasteiger partial charge < -0.3 is 5.73 Å². The zero-order valence-corrected chi connectivity index (χ0v) is 9.35. The predicted molar refractivity (Wildman–Crippen MR) is 66.1 cm³/mol. The van der Waals surface area contributed by atoms with Gasteiger partial charge in [-0.15, -0.1) is 0 Å². The number of rotatable bonds is 1. The van der Waals surface area contributed by atoms with E-state index in [1.807, 2.05) is 36.4 Å². The smallest absolute Gasteiger partial charge is 0.0812 e. The van der Waals surface area contributed by atoms with Gasteiger partial charge in [-0.1, -0.05) is 12.1 Å². The molecule has 0 atom stereocenters. The molecule has 2 aromatic carbocycles. The highest BCUT2D eigenvalue weighted by molar-refractivity contribution is 7.94. The van der Waals surface area contributed by atoms with Crippen LogP contribution in [0.2, 0.25) is 0 Å². The second kappa shape index (κ2) is 3.52. The summed E-state index contributed by atoms with van der Waals surface area (Å²) in [6.45, 7) is 0. The number of halogens is 1. The first-order chi connectivity index (χ1) is 7.78. The highest BCUT2D eigenvalue weighted by Gasteiger charge is 2.18. The molecule has 0 saturated carbocycles. The normalized spacial score (nSPS) is 12.3. The molecule has 0 bridgehead atoms. The third kappa shape index (κ3) is 1.39. The molecule has 1 aliphatic carbocycles. The maximum absolute atomic E-state index is 12.5. The lowest BCUT2D eigenvalue weighted by molar-refractivity contribution is 0.933. The van der Waals surface area contributed by atoms with Gasteiger partial charge in [0.1, 0.15) is 0 Å². The zero-order valence-electron chi connectivity index (χ0n) is 8.53. The topological polar surface area (TPSA) is 26.0 Å². The SMILES string of the molecule is Nc1ccc2c(c1)Cc1cc(SF)ccc1-2. The molecule has 0 radical (unpaired) electrons. The quantitative estimate of drug-likeness (QED) is 0.644. The van der Waals surface area contributed by atoms with E-state index in [0.717, 1.165) is 12.1 Å². The second-order valence-corrected chi connectivity index (χ2v) is 4.62. The van der Waals surface area contributed by atoms with Crippen LogP contribution in [0.4, 0.5) is 9.57 Å². The van der Waals surface area contributed by atoms with E-state index >= 15 is 0 Å². The Hall–Kier alpha value is -1.48. The number of anilines is 1. The molecule has 0 spiro atoms. The Labute approximate surface area is 97.8 Å². The van der Waals surface area contributed by atoms with Gasteiger partial charge in [0, 0.05) is 10.6 Å². The third-order valence-electron chi connectivity index (χ3n) is 2.97. The molecular weight excluding hydrogens is 221 g/mol. The molecule has 80 valence electrons. The van der Waals surface area contributed by atoms with Crippen molar-refractivity contribution in [3.05, 3.63) is 47.5 Å². The summed E-state index contributed by atoms with van der Waals surface area (Å²) < 4.78 is 12.5. The van der Waals surface area contributed by atoms with Gasteiger partial charge >= 0.3 is 0 Å². The van der Waals surface area contributed by atoms with Crippen LogP contribution in [-0.4, -0.2) is 0 Å². The predicted octanol–water partition coefficient (Wildman–Crippen LogP) is 3.82. The summed E-state index contributed by atoms with van der Waals surface area (Å²) in [5.41, 5.74) is 11.4. The van der Waals surface area contributed by atoms with Gasteiger partial charge in [-0.05, 0) is 52.9 Å². The van der Waals surface area contributed by atoms with Gasteiger partial charge in [0.15, 0.2) is 0 Å². The molecule has 0 saturated heterocycles. The van der Waals surface area contributed by atoms with Crippen molar-refractivity contribution < 1.29 is 3.89 Å². The van der Waals surface area contributed by atoms with Crippen molar-refractivity contribution >= 4 is 17.8 Å². The molecule has 3 heteroatoms. The number of nitrogen functional groups attached to an aromatic ring is 1. The number of benzene rings is 2. The van der Waals surface area contributed by atoms with Crippen molar-refractivity contribution in [2.24, 2.45) is 0 Å². The molecule has 0 fully saturated rings. The molecule has 2 N–H and O–H groups in total. The van der Waals surface area contributed by atoms with E-state index in [2.05, 4.69) is 0 Å². The lowest BCUT2D eigenvalue weighted by Crippen LogP contribution is -1.86. The summed E-state index contributed by atoms with van der Waals surface area (Å²) in [6, 6.07) is 11.7. The highest BCUT2D eigenvalue weighted by Crippen LogP contribution is 2.39. The van der Waals surface area contributed by atoms with Crippen LogP contribution in [0, 0.1) is 0 Å². The maximum Gasteiger partial charge on any atom is 0.0812 e. The number of fused-ring (bicyclic) bond motifs is 3. The van der Waals surface area contributed by atoms with Crippen LogP contribution in [0.25, 0.3) is 11.1 Å². The monoisotopic (exact) mass is 231 g/mol. The molecule has 3 rings (SSSR count). The Morgan fingerprint density at radius 2 is 1.69 bits per heavy atom. The van der Waals surface area contributed by atoms with Crippen molar-refractivity contribution in [1.29, 1.82) is 0 Å². The number of hydrogen-bond acceptors (Lipinski definition) is 2. The summed E-state index contributed by atoms with van der Waals surface area (Å²) in [7, 11) is 0. The van der Waals surface area contributed by atoms with Crippen molar-refractivity contribution in [1.82, 2.24) is 0 Å². The van der Waals surface area contributed by atoms with E-state index < -0.39 is 0 Å². The fourth-order valence-corrected chi connectivity index (χ4v) is 2.56. The van der Waals surface area contributed by atoms with E-state index in [4.69, 9.17) is 5.73 Å². The average Bonchev–Trinajstić information content (AvgIpc) is 2.64. The standard InChI is InChI=1S/C13H10FNS/c14-16-11-2-4-13-9(7-11)5-8-6-10(15)1-3-12(8)13/h1-4,6-7H,5,15H2. The van der Waals surface area contributed by atoms with Gasteiger partial charge in [0.05, 0.1) is 12.1 Å². The molecule has 0 unspecified atom stereocenters. The highest BCUT2D eigenvalue weighted by atomic mass is 32.2. The van der Waals surface area contributed by atoms with Gasteiger partial charge in [0.2, 0.25) is 0 Å². The largest absolute Gasteiger partial charge is 0.399 e. The molecule has 0 amide bonds. The molecule has 0 aliphatic heterocycles. The summed E-state index contributed by atoms with van der Waals surface area (Å²) in [4.78, 5) is 0.666. The minimum absolute atomic E-state index is 0.292. The fraction of sp³-hybridized carbons (Fsp3) is 0.0769. The molecule has 0 aromatic heterocycles. The first kappa shape index (κ1) is 9.73.